The molecule has 1 aliphatic rings. The van der Waals surface area contributed by atoms with Crippen LogP contribution in [0.3, 0.4) is 0 Å². The van der Waals surface area contributed by atoms with E-state index in [4.69, 9.17) is 0 Å². The van der Waals surface area contributed by atoms with E-state index >= 15 is 0 Å². The quantitative estimate of drug-likeness (QED) is 0.250. The number of nitro benzene ring substituents is 1. The summed E-state index contributed by atoms with van der Waals surface area (Å²) >= 11 is 0. The van der Waals surface area contributed by atoms with Gasteiger partial charge in [0.15, 0.2) is 0 Å². The number of anilines is 1. The predicted octanol–water partition coefficient (Wildman–Crippen LogP) is 4.80. The van der Waals surface area contributed by atoms with Crippen LogP contribution in [0.4, 0.5) is 15.8 Å². The molecule has 1 N–H and O–H groups in total. The van der Waals surface area contributed by atoms with Crippen molar-refractivity contribution in [1.29, 1.82) is 0 Å². The molecular weight excluding hydrogens is 563 g/mol. The summed E-state index contributed by atoms with van der Waals surface area (Å²) in [6, 6.07) is 17.0. The molecule has 0 spiro atoms. The first-order valence-electron chi connectivity index (χ1n) is 13.7. The van der Waals surface area contributed by atoms with Crippen LogP contribution in [0.2, 0.25) is 0 Å². The minimum Gasteiger partial charge on any atom is -0.352 e. The fourth-order valence-electron chi connectivity index (χ4n) is 4.95. The van der Waals surface area contributed by atoms with Gasteiger partial charge < -0.3 is 10.2 Å². The van der Waals surface area contributed by atoms with Crippen LogP contribution in [0.15, 0.2) is 83.8 Å². The summed E-state index contributed by atoms with van der Waals surface area (Å²) in [7, 11) is -4.32. The van der Waals surface area contributed by atoms with Crippen LogP contribution in [-0.2, 0) is 26.2 Å². The lowest BCUT2D eigenvalue weighted by Gasteiger charge is -2.33. The maximum absolute atomic E-state index is 14.7. The number of carbonyl (C=O) groups is 2. The number of carbonyl (C=O) groups excluding carboxylic acids is 2. The number of nitrogens with one attached hydrogen (secondary N) is 1. The van der Waals surface area contributed by atoms with E-state index in [0.717, 1.165) is 53.4 Å². The van der Waals surface area contributed by atoms with E-state index in [0.29, 0.717) is 0 Å². The van der Waals surface area contributed by atoms with Crippen LogP contribution in [0.1, 0.15) is 44.6 Å². The Kier molecular flexibility index (Phi) is 9.89. The highest BCUT2D eigenvalue weighted by atomic mass is 32.2. The summed E-state index contributed by atoms with van der Waals surface area (Å²) < 4.78 is 43.1. The molecule has 2 amide bonds. The molecule has 0 bridgehead atoms. The average molecular weight is 597 g/mol. The average Bonchev–Trinajstić information content (AvgIpc) is 3.00. The summed E-state index contributed by atoms with van der Waals surface area (Å²) in [5.41, 5.74) is -0.0738. The molecule has 0 unspecified atom stereocenters. The SMILES string of the molecule is C[C@@H](C(=O)NC1CCCCC1)N(Cc1ccccc1F)C(=O)CN(c1ccc([N+](=O)[O-])cc1)S(=O)(=O)c1ccccc1. The molecule has 1 aliphatic carbocycles. The Morgan fingerprint density at radius 3 is 2.21 bits per heavy atom. The number of hydrogen-bond acceptors (Lipinski definition) is 6. The van der Waals surface area contributed by atoms with E-state index < -0.39 is 45.2 Å². The van der Waals surface area contributed by atoms with Crippen molar-refractivity contribution in [2.24, 2.45) is 0 Å². The summed E-state index contributed by atoms with van der Waals surface area (Å²) in [5.74, 6) is -1.74. The molecule has 1 saturated carbocycles. The number of nitro groups is 1. The van der Waals surface area contributed by atoms with Crippen LogP contribution in [-0.4, -0.2) is 48.7 Å². The maximum Gasteiger partial charge on any atom is 0.269 e. The van der Waals surface area contributed by atoms with Gasteiger partial charge in [0.1, 0.15) is 18.4 Å². The van der Waals surface area contributed by atoms with Crippen molar-refractivity contribution in [3.05, 3.63) is 100 Å². The Morgan fingerprint density at radius 1 is 0.976 bits per heavy atom. The summed E-state index contributed by atoms with van der Waals surface area (Å²) in [6.07, 6.45) is 4.71. The number of hydrogen-bond donors (Lipinski definition) is 1. The normalized spacial score (nSPS) is 14.5. The number of sulfonamides is 1. The largest absolute Gasteiger partial charge is 0.352 e. The van der Waals surface area contributed by atoms with Gasteiger partial charge in [-0.3, -0.25) is 24.0 Å². The number of rotatable bonds is 11. The van der Waals surface area contributed by atoms with E-state index in [2.05, 4.69) is 5.32 Å². The zero-order valence-electron chi connectivity index (χ0n) is 23.2. The number of amides is 2. The Morgan fingerprint density at radius 2 is 1.60 bits per heavy atom. The van der Waals surface area contributed by atoms with E-state index in [1.165, 1.54) is 61.5 Å². The lowest BCUT2D eigenvalue weighted by molar-refractivity contribution is -0.384. The zero-order chi connectivity index (χ0) is 30.3. The summed E-state index contributed by atoms with van der Waals surface area (Å²) in [5, 5.41) is 14.2. The molecule has 0 saturated heterocycles. The van der Waals surface area contributed by atoms with Gasteiger partial charge in [-0.05, 0) is 50.1 Å². The van der Waals surface area contributed by atoms with Gasteiger partial charge in [0.05, 0.1) is 15.5 Å². The van der Waals surface area contributed by atoms with Gasteiger partial charge >= 0.3 is 0 Å². The Bertz CT molecular complexity index is 1510. The van der Waals surface area contributed by atoms with Gasteiger partial charge in [0.2, 0.25) is 11.8 Å². The van der Waals surface area contributed by atoms with Crippen LogP contribution >= 0.6 is 0 Å². The van der Waals surface area contributed by atoms with Crippen LogP contribution < -0.4 is 9.62 Å². The molecule has 3 aromatic carbocycles. The molecule has 1 fully saturated rings. The third-order valence-electron chi connectivity index (χ3n) is 7.38. The standard InChI is InChI=1S/C30H33FN4O6S/c1-22(30(37)32-24-11-4-2-5-12-24)33(20-23-10-8-9-15-28(23)31)29(36)21-34(25-16-18-26(19-17-25)35(38)39)42(40,41)27-13-6-3-7-14-27/h3,6-10,13-19,22,24H,2,4-5,11-12,20-21H2,1H3,(H,32,37)/t22-/m0/s1. The molecule has 3 aromatic rings. The van der Waals surface area contributed by atoms with Crippen molar-refractivity contribution < 1.29 is 27.3 Å². The second kappa shape index (κ2) is 13.6. The van der Waals surface area contributed by atoms with E-state index in [1.54, 1.807) is 12.1 Å². The molecular formula is C30H33FN4O6S. The van der Waals surface area contributed by atoms with E-state index in [9.17, 15) is 32.5 Å². The van der Waals surface area contributed by atoms with Crippen molar-refractivity contribution in [1.82, 2.24) is 10.2 Å². The molecule has 1 atom stereocenters. The Hall–Kier alpha value is -4.32. The first-order valence-corrected chi connectivity index (χ1v) is 15.2. The van der Waals surface area contributed by atoms with E-state index in [1.807, 2.05) is 0 Å². The minimum atomic E-state index is -4.32. The Labute approximate surface area is 244 Å². The summed E-state index contributed by atoms with van der Waals surface area (Å²) in [6.45, 7) is 0.521. The van der Waals surface area contributed by atoms with E-state index in [-0.39, 0.29) is 34.4 Å². The minimum absolute atomic E-state index is 0.0166. The van der Waals surface area contributed by atoms with Gasteiger partial charge in [-0.2, -0.15) is 0 Å². The first-order chi connectivity index (χ1) is 20.1. The highest BCUT2D eigenvalue weighted by Crippen LogP contribution is 2.27. The van der Waals surface area contributed by atoms with Crippen molar-refractivity contribution in [2.45, 2.75) is 62.6 Å². The molecule has 0 radical (unpaired) electrons. The van der Waals surface area contributed by atoms with Crippen molar-refractivity contribution in [3.63, 3.8) is 0 Å². The fraction of sp³-hybridized carbons (Fsp3) is 0.333. The summed E-state index contributed by atoms with van der Waals surface area (Å²) in [4.78, 5) is 38.9. The van der Waals surface area contributed by atoms with Gasteiger partial charge in [-0.15, -0.1) is 0 Å². The topological polar surface area (TPSA) is 130 Å². The van der Waals surface area contributed by atoms with Gasteiger partial charge in [0, 0.05) is 30.3 Å². The second-order valence-electron chi connectivity index (χ2n) is 10.2. The number of nitrogens with zero attached hydrogens (tertiary/aromatic N) is 3. The van der Waals surface area contributed by atoms with Crippen molar-refractivity contribution in [3.8, 4) is 0 Å². The molecule has 12 heteroatoms. The molecule has 42 heavy (non-hydrogen) atoms. The fourth-order valence-corrected chi connectivity index (χ4v) is 6.39. The molecule has 0 aliphatic heterocycles. The van der Waals surface area contributed by atoms with Gasteiger partial charge in [0.25, 0.3) is 15.7 Å². The molecule has 0 heterocycles. The smallest absolute Gasteiger partial charge is 0.269 e. The maximum atomic E-state index is 14.7. The van der Waals surface area contributed by atoms with Gasteiger partial charge in [-0.25, -0.2) is 12.8 Å². The van der Waals surface area contributed by atoms with Crippen LogP contribution in [0.25, 0.3) is 0 Å². The highest BCUT2D eigenvalue weighted by Gasteiger charge is 2.33. The predicted molar refractivity (Wildman–Crippen MR) is 155 cm³/mol. The van der Waals surface area contributed by atoms with Crippen LogP contribution in [0.5, 0.6) is 0 Å². The number of benzene rings is 3. The molecule has 0 aromatic heterocycles. The van der Waals surface area contributed by atoms with Crippen molar-refractivity contribution >= 4 is 33.2 Å². The van der Waals surface area contributed by atoms with Gasteiger partial charge in [-0.1, -0.05) is 55.7 Å². The first kappa shape index (κ1) is 30.6. The highest BCUT2D eigenvalue weighted by molar-refractivity contribution is 7.92. The third-order valence-corrected chi connectivity index (χ3v) is 9.16. The lowest BCUT2D eigenvalue weighted by Crippen LogP contribution is -2.53. The third kappa shape index (κ3) is 7.30. The second-order valence-corrected chi connectivity index (χ2v) is 12.1. The molecule has 222 valence electrons. The lowest BCUT2D eigenvalue weighted by atomic mass is 9.95. The molecule has 4 rings (SSSR count). The zero-order valence-corrected chi connectivity index (χ0v) is 24.0. The van der Waals surface area contributed by atoms with Crippen molar-refractivity contribution in [2.75, 3.05) is 10.8 Å². The monoisotopic (exact) mass is 596 g/mol. The number of non-ortho nitro benzene ring substituents is 1. The molecule has 10 nitrogen and oxygen atoms in total. The Balaban J connectivity index is 1.69. The van der Waals surface area contributed by atoms with Crippen LogP contribution in [0, 0.1) is 15.9 Å². The number of halogens is 1.